The second-order valence-electron chi connectivity index (χ2n) is 1.10. The summed E-state index contributed by atoms with van der Waals surface area (Å²) in [5.74, 6) is -1.19. The predicted molar refractivity (Wildman–Crippen MR) is 29.8 cm³/mol. The summed E-state index contributed by atoms with van der Waals surface area (Å²) in [6, 6.07) is -1.14. The summed E-state index contributed by atoms with van der Waals surface area (Å²) < 4.78 is 9.56. The van der Waals surface area contributed by atoms with Crippen molar-refractivity contribution in [2.75, 3.05) is 0 Å². The minimum absolute atomic E-state index is 0.0572. The third kappa shape index (κ3) is 2.49. The molecule has 0 aliphatic rings. The lowest BCUT2D eigenvalue weighted by Gasteiger charge is -1.91. The fourth-order valence-corrected chi connectivity index (χ4v) is 0.354. The van der Waals surface area contributed by atoms with Crippen LogP contribution >= 0.6 is 0 Å². The first-order chi connectivity index (χ1) is 3.68. The molecule has 0 radical (unpaired) electrons. The zero-order valence-corrected chi connectivity index (χ0v) is 4.72. The molecule has 5 heteroatoms. The van der Waals surface area contributed by atoms with Gasteiger partial charge in [-0.05, 0) is 0 Å². The van der Waals surface area contributed by atoms with Gasteiger partial charge in [0, 0.05) is 5.37 Å². The maximum Gasteiger partial charge on any atom is 0.325 e. The number of aliphatic carboxylic acids is 1. The highest BCUT2D eigenvalue weighted by Crippen LogP contribution is 1.67. The van der Waals surface area contributed by atoms with E-state index in [2.05, 4.69) is 0 Å². The molecule has 0 heterocycles. The normalized spacial score (nSPS) is 12.1. The lowest BCUT2D eigenvalue weighted by atomic mass is 10.4. The highest BCUT2D eigenvalue weighted by molar-refractivity contribution is 7.65. The summed E-state index contributed by atoms with van der Waals surface area (Å²) in [6.45, 7) is 0. The lowest BCUT2D eigenvalue weighted by Crippen LogP contribution is -2.31. The molecule has 0 saturated heterocycles. The van der Waals surface area contributed by atoms with Gasteiger partial charge in [0.25, 0.3) is 0 Å². The van der Waals surface area contributed by atoms with E-state index >= 15 is 0 Å². The second-order valence-corrected chi connectivity index (χ2v) is 1.56. The van der Waals surface area contributed by atoms with Crippen molar-refractivity contribution < 1.29 is 14.1 Å². The van der Waals surface area contributed by atoms with Crippen LogP contribution in [0.2, 0.25) is 0 Å². The molecule has 0 bridgehead atoms. The summed E-state index contributed by atoms with van der Waals surface area (Å²) in [5, 5.41) is 8.91. The maximum absolute atomic E-state index is 9.78. The van der Waals surface area contributed by atoms with E-state index in [9.17, 15) is 9.00 Å². The van der Waals surface area contributed by atoms with E-state index in [1.165, 1.54) is 0 Å². The zero-order chi connectivity index (χ0) is 6.57. The molecule has 0 unspecified atom stereocenters. The Morgan fingerprint density at radius 1 is 1.88 bits per heavy atom. The fourth-order valence-electron chi connectivity index (χ4n) is 0.118. The van der Waals surface area contributed by atoms with Crippen molar-refractivity contribution in [3.63, 3.8) is 0 Å². The van der Waals surface area contributed by atoms with Gasteiger partial charge in [0.1, 0.15) is 6.04 Å². The molecular weight excluding hydrogens is 130 g/mol. The molecule has 0 saturated carbocycles. The Morgan fingerprint density at radius 3 is 2.50 bits per heavy atom. The van der Waals surface area contributed by atoms with Crippen molar-refractivity contribution in [1.29, 1.82) is 0 Å². The molecule has 0 spiro atoms. The molecule has 3 N–H and O–H groups in total. The van der Waals surface area contributed by atoms with Crippen molar-refractivity contribution in [1.82, 2.24) is 0 Å². The third-order valence-electron chi connectivity index (χ3n) is 0.487. The van der Waals surface area contributed by atoms with Gasteiger partial charge in [-0.2, -0.15) is 0 Å². The quantitative estimate of drug-likeness (QED) is 0.447. The SMILES string of the molecule is N[C@@H](C=S=O)C(=O)O. The van der Waals surface area contributed by atoms with Crippen molar-refractivity contribution in [3.05, 3.63) is 0 Å². The van der Waals surface area contributed by atoms with E-state index in [0.29, 0.717) is 0 Å². The highest BCUT2D eigenvalue weighted by Gasteiger charge is 2.05. The molecule has 4 nitrogen and oxygen atoms in total. The number of carboxylic acids is 1. The van der Waals surface area contributed by atoms with Gasteiger partial charge >= 0.3 is 5.97 Å². The van der Waals surface area contributed by atoms with Gasteiger partial charge < -0.3 is 10.8 Å². The van der Waals surface area contributed by atoms with Gasteiger partial charge in [-0.25, -0.2) is 4.21 Å². The second kappa shape index (κ2) is 3.34. The molecule has 0 aliphatic carbocycles. The Morgan fingerprint density at radius 2 is 2.38 bits per heavy atom. The molecule has 0 aliphatic heterocycles. The van der Waals surface area contributed by atoms with E-state index in [1.807, 2.05) is 0 Å². The summed E-state index contributed by atoms with van der Waals surface area (Å²) in [7, 11) is 0. The van der Waals surface area contributed by atoms with Gasteiger partial charge in [-0.15, -0.1) is 0 Å². The van der Waals surface area contributed by atoms with E-state index in [0.717, 1.165) is 5.37 Å². The molecule has 46 valence electrons. The van der Waals surface area contributed by atoms with E-state index in [1.54, 1.807) is 0 Å². The molecule has 0 rings (SSSR count). The van der Waals surface area contributed by atoms with Gasteiger partial charge in [-0.3, -0.25) is 4.79 Å². The van der Waals surface area contributed by atoms with Crippen LogP contribution in [0.4, 0.5) is 0 Å². The first-order valence-electron chi connectivity index (χ1n) is 1.79. The molecule has 1 atom stereocenters. The van der Waals surface area contributed by atoms with E-state index in [-0.39, 0.29) is 11.3 Å². The van der Waals surface area contributed by atoms with Crippen LogP contribution in [0.1, 0.15) is 0 Å². The molecular formula is C3H5NO3S. The van der Waals surface area contributed by atoms with Gasteiger partial charge in [0.05, 0.1) is 11.3 Å². The number of hydrogen-bond acceptors (Lipinski definition) is 3. The Bertz CT molecular complexity index is 137. The zero-order valence-electron chi connectivity index (χ0n) is 3.90. The minimum Gasteiger partial charge on any atom is -0.480 e. The Kier molecular flexibility index (Phi) is 3.05. The molecule has 0 aromatic heterocycles. The lowest BCUT2D eigenvalue weighted by molar-refractivity contribution is -0.136. The van der Waals surface area contributed by atoms with Crippen LogP contribution in [-0.2, 0) is 16.1 Å². The first kappa shape index (κ1) is 7.32. The smallest absolute Gasteiger partial charge is 0.325 e. The molecule has 0 amide bonds. The topological polar surface area (TPSA) is 80.4 Å². The van der Waals surface area contributed by atoms with Crippen LogP contribution < -0.4 is 5.73 Å². The van der Waals surface area contributed by atoms with Crippen LogP contribution in [0.25, 0.3) is 0 Å². The number of rotatable bonds is 2. The monoisotopic (exact) mass is 135 g/mol. The van der Waals surface area contributed by atoms with Crippen LogP contribution in [0.3, 0.4) is 0 Å². The van der Waals surface area contributed by atoms with Crippen molar-refractivity contribution in [3.8, 4) is 0 Å². The van der Waals surface area contributed by atoms with Gasteiger partial charge in [-0.1, -0.05) is 0 Å². The van der Waals surface area contributed by atoms with Crippen LogP contribution in [0, 0.1) is 0 Å². The fraction of sp³-hybridized carbons (Fsp3) is 0.333. The molecule has 8 heavy (non-hydrogen) atoms. The summed E-state index contributed by atoms with van der Waals surface area (Å²) in [5.41, 5.74) is 4.85. The standard InChI is InChI=1S/C3H5NO3S/c4-2(1-8-7)3(5)6/h1-2H,4H2,(H,5,6)/t2-/m0/s1. The average Bonchev–Trinajstić information content (AvgIpc) is 1.67. The average molecular weight is 135 g/mol. The molecule has 0 aromatic rings. The number of nitrogens with two attached hydrogens (primary N) is 1. The molecule has 0 fully saturated rings. The maximum atomic E-state index is 9.78. The third-order valence-corrected chi connectivity index (χ3v) is 0.892. The van der Waals surface area contributed by atoms with Crippen molar-refractivity contribution >= 4 is 22.6 Å². The summed E-state index contributed by atoms with van der Waals surface area (Å²) >= 11 is 0.0572. The van der Waals surface area contributed by atoms with Crippen LogP contribution in [-0.4, -0.2) is 26.7 Å². The van der Waals surface area contributed by atoms with Crippen LogP contribution in [0.5, 0.6) is 0 Å². The Balaban J connectivity index is 3.82. The summed E-state index contributed by atoms with van der Waals surface area (Å²) in [4.78, 5) is 9.78. The number of carbonyl (C=O) groups is 1. The van der Waals surface area contributed by atoms with Crippen molar-refractivity contribution in [2.45, 2.75) is 6.04 Å². The first-order valence-corrected chi connectivity index (χ1v) is 2.59. The highest BCUT2D eigenvalue weighted by atomic mass is 32.1. The Hall–Kier alpha value is -0.680. The van der Waals surface area contributed by atoms with E-state index in [4.69, 9.17) is 10.8 Å². The summed E-state index contributed by atoms with van der Waals surface area (Å²) in [6.07, 6.45) is 0. The van der Waals surface area contributed by atoms with Crippen molar-refractivity contribution in [2.24, 2.45) is 5.73 Å². The minimum atomic E-state index is -1.19. The van der Waals surface area contributed by atoms with Gasteiger partial charge in [0.15, 0.2) is 0 Å². The number of hydrogen-bond donors (Lipinski definition) is 2. The molecule has 0 aromatic carbocycles. The largest absolute Gasteiger partial charge is 0.480 e. The number of carboxylic acid groups (broad SMARTS) is 1. The van der Waals surface area contributed by atoms with E-state index < -0.39 is 12.0 Å². The Labute approximate surface area is 49.4 Å². The van der Waals surface area contributed by atoms with Gasteiger partial charge in [0.2, 0.25) is 0 Å². The van der Waals surface area contributed by atoms with Crippen LogP contribution in [0.15, 0.2) is 0 Å². The predicted octanol–water partition coefficient (Wildman–Crippen LogP) is -1.59.